The quantitative estimate of drug-likeness (QED) is 0.0809. The molecule has 0 fully saturated rings. The second-order valence-corrected chi connectivity index (χ2v) is 25.2. The van der Waals surface area contributed by atoms with Crippen molar-refractivity contribution in [3.05, 3.63) is 126 Å². The van der Waals surface area contributed by atoms with Gasteiger partial charge in [-0.2, -0.15) is 9.10 Å². The lowest BCUT2D eigenvalue weighted by Gasteiger charge is -2.26. The molecule has 0 bridgehead atoms. The molecule has 6 aromatic rings. The summed E-state index contributed by atoms with van der Waals surface area (Å²) in [6, 6.07) is 27.5. The number of nitrogens with one attached hydrogen (secondary N) is 1. The zero-order valence-electron chi connectivity index (χ0n) is 35.3. The number of benzene rings is 4. The fourth-order valence-corrected chi connectivity index (χ4v) is 13.3. The first-order chi connectivity index (χ1) is 29.5. The number of pyridine rings is 1. The number of ether oxygens (including phenoxy) is 3. The predicted molar refractivity (Wildman–Crippen MR) is 236 cm³/mol. The summed E-state index contributed by atoms with van der Waals surface area (Å²) in [7, 11) is -6.46. The number of hydrogen-bond acceptors (Lipinski definition) is 12. The van der Waals surface area contributed by atoms with Gasteiger partial charge in [-0.05, 0) is 93.7 Å². The number of tetrazole rings is 1. The van der Waals surface area contributed by atoms with E-state index in [0.29, 0.717) is 45.7 Å². The van der Waals surface area contributed by atoms with Crippen molar-refractivity contribution in [2.24, 2.45) is 0 Å². The average Bonchev–Trinajstić information content (AvgIpc) is 3.73. The maximum Gasteiger partial charge on any atom is 0.404 e. The maximum absolute atomic E-state index is 15.9. The zero-order valence-corrected chi connectivity index (χ0v) is 37.9. The highest BCUT2D eigenvalue weighted by atomic mass is 32.2. The van der Waals surface area contributed by atoms with Gasteiger partial charge in [0.15, 0.2) is 9.84 Å². The number of sulfone groups is 1. The molecule has 19 heteroatoms. The Bertz CT molecular complexity index is 2680. The second-order valence-electron chi connectivity index (χ2n) is 15.6. The van der Waals surface area contributed by atoms with Crippen molar-refractivity contribution in [1.82, 2.24) is 34.8 Å². The van der Waals surface area contributed by atoms with Crippen molar-refractivity contribution in [2.45, 2.75) is 61.7 Å². The molecule has 0 atom stereocenters. The molecule has 6 rings (SSSR count). The number of sulfonamides is 1. The first-order valence-corrected chi connectivity index (χ1v) is 26.3. The van der Waals surface area contributed by atoms with Crippen LogP contribution in [-0.4, -0.2) is 92.7 Å². The molecule has 326 valence electrons. The normalized spacial score (nSPS) is 12.0. The largest absolute Gasteiger partial charge is 0.497 e. The Kier molecular flexibility index (Phi) is 14.1. The van der Waals surface area contributed by atoms with Gasteiger partial charge in [-0.3, -0.25) is 4.98 Å². The molecular formula is C43H49N7O9S2Si. The molecule has 0 unspecified atom stereocenters. The maximum atomic E-state index is 15.9. The van der Waals surface area contributed by atoms with E-state index in [-0.39, 0.29) is 48.9 Å². The van der Waals surface area contributed by atoms with Crippen LogP contribution in [-0.2, 0) is 46.0 Å². The summed E-state index contributed by atoms with van der Waals surface area (Å²) in [6.45, 7) is 5.81. The van der Waals surface area contributed by atoms with E-state index in [9.17, 15) is 18.3 Å². The molecule has 0 aliphatic carbocycles. The van der Waals surface area contributed by atoms with Crippen molar-refractivity contribution in [3.63, 3.8) is 0 Å². The molecule has 2 aromatic heterocycles. The van der Waals surface area contributed by atoms with Crippen LogP contribution in [0.15, 0.2) is 113 Å². The van der Waals surface area contributed by atoms with Gasteiger partial charge in [0.25, 0.3) is 0 Å². The third-order valence-electron chi connectivity index (χ3n) is 9.92. The SMILES string of the molecule is COc1ccc(CN(Cc2ccc(OC)cc2)S(=O)(=O)c2c(S(=O)(=O)CC[Si](C)(C)C)ccc(-c3ccnc(CNC(=O)O)c3)c2-c2nnn(Cc3ccc(OC)cc3)n2)cc1. The van der Waals surface area contributed by atoms with E-state index in [4.69, 9.17) is 19.3 Å². The summed E-state index contributed by atoms with van der Waals surface area (Å²) in [5.41, 5.74) is 2.89. The topological polar surface area (TPSA) is 205 Å². The van der Waals surface area contributed by atoms with E-state index in [1.54, 1.807) is 79.9 Å². The minimum atomic E-state index is -4.83. The Morgan fingerprint density at radius 3 is 1.84 bits per heavy atom. The number of aromatic nitrogens is 5. The van der Waals surface area contributed by atoms with Gasteiger partial charge in [0.1, 0.15) is 22.1 Å². The fraction of sp³-hybridized carbons (Fsp3) is 0.279. The van der Waals surface area contributed by atoms with Gasteiger partial charge >= 0.3 is 6.09 Å². The molecule has 0 radical (unpaired) electrons. The van der Waals surface area contributed by atoms with E-state index >= 15 is 8.42 Å². The van der Waals surface area contributed by atoms with Crippen LogP contribution in [0.25, 0.3) is 22.5 Å². The lowest BCUT2D eigenvalue weighted by molar-refractivity contribution is 0.194. The molecule has 16 nitrogen and oxygen atoms in total. The molecule has 4 aromatic carbocycles. The van der Waals surface area contributed by atoms with Gasteiger partial charge in [-0.25, -0.2) is 21.6 Å². The summed E-state index contributed by atoms with van der Waals surface area (Å²) in [6.07, 6.45) is 0.198. The first-order valence-electron chi connectivity index (χ1n) is 19.5. The number of carbonyl (C=O) groups is 1. The van der Waals surface area contributed by atoms with Crippen molar-refractivity contribution in [1.29, 1.82) is 0 Å². The molecule has 62 heavy (non-hydrogen) atoms. The molecule has 1 amide bonds. The van der Waals surface area contributed by atoms with E-state index in [1.165, 1.54) is 41.7 Å². The number of carboxylic acid groups (broad SMARTS) is 1. The summed E-state index contributed by atoms with van der Waals surface area (Å²) in [5, 5.41) is 25.0. The van der Waals surface area contributed by atoms with Crippen molar-refractivity contribution < 1.29 is 40.9 Å². The Morgan fingerprint density at radius 2 is 1.32 bits per heavy atom. The van der Waals surface area contributed by atoms with E-state index < -0.39 is 43.8 Å². The number of rotatable bonds is 19. The zero-order chi connectivity index (χ0) is 44.7. The monoisotopic (exact) mass is 899 g/mol. The van der Waals surface area contributed by atoms with Gasteiger partial charge in [0.2, 0.25) is 15.8 Å². The summed E-state index contributed by atoms with van der Waals surface area (Å²) >= 11 is 0. The molecule has 2 heterocycles. The van der Waals surface area contributed by atoms with Crippen LogP contribution in [0, 0.1) is 0 Å². The van der Waals surface area contributed by atoms with Crippen molar-refractivity contribution in [3.8, 4) is 39.8 Å². The van der Waals surface area contributed by atoms with Crippen LogP contribution in [0.3, 0.4) is 0 Å². The number of methoxy groups -OCH3 is 3. The minimum Gasteiger partial charge on any atom is -0.497 e. The minimum absolute atomic E-state index is 0.0992. The lowest BCUT2D eigenvalue weighted by atomic mass is 9.99. The smallest absolute Gasteiger partial charge is 0.404 e. The van der Waals surface area contributed by atoms with Gasteiger partial charge in [0.05, 0.1) is 56.3 Å². The first kappa shape index (κ1) is 45.4. The molecule has 0 saturated heterocycles. The van der Waals surface area contributed by atoms with Gasteiger partial charge in [0, 0.05) is 27.4 Å². The highest BCUT2D eigenvalue weighted by Gasteiger charge is 2.38. The number of nitrogens with zero attached hydrogens (tertiary/aromatic N) is 6. The fourth-order valence-electron chi connectivity index (χ4n) is 6.51. The van der Waals surface area contributed by atoms with Crippen LogP contribution in [0.5, 0.6) is 17.2 Å². The van der Waals surface area contributed by atoms with Gasteiger partial charge < -0.3 is 24.6 Å². The van der Waals surface area contributed by atoms with Crippen molar-refractivity contribution in [2.75, 3.05) is 27.1 Å². The van der Waals surface area contributed by atoms with E-state index in [0.717, 1.165) is 5.56 Å². The second kappa shape index (κ2) is 19.3. The Hall–Kier alpha value is -6.15. The van der Waals surface area contributed by atoms with Crippen LogP contribution < -0.4 is 19.5 Å². The molecular weight excluding hydrogens is 851 g/mol. The molecule has 0 aliphatic heterocycles. The summed E-state index contributed by atoms with van der Waals surface area (Å²) in [5.74, 6) is 1.35. The highest BCUT2D eigenvalue weighted by Crippen LogP contribution is 2.42. The summed E-state index contributed by atoms with van der Waals surface area (Å²) in [4.78, 5) is 16.1. The van der Waals surface area contributed by atoms with Crippen LogP contribution in [0.1, 0.15) is 22.4 Å². The van der Waals surface area contributed by atoms with Gasteiger partial charge in [-0.15, -0.1) is 10.2 Å². The van der Waals surface area contributed by atoms with Gasteiger partial charge in [-0.1, -0.05) is 62.1 Å². The Balaban J connectivity index is 1.63. The molecule has 2 N–H and O–H groups in total. The van der Waals surface area contributed by atoms with Crippen molar-refractivity contribution >= 4 is 34.0 Å². The standard InChI is InChI=1S/C43H49N7O9S2Si/c1-57-35-13-7-30(8-14-35)27-49(28-31-9-15-36(58-2)16-10-31)61(55,56)41-39(60(53,54)23-24-62(4,5)6)20-19-38(33-21-22-44-34(25-33)26-45-43(51)52)40(41)42-46-48-50(47-42)29-32-11-17-37(59-3)18-12-32/h7-22,25,45H,23-24,26-29H2,1-6H3,(H,51,52). The molecule has 0 spiro atoms. The highest BCUT2D eigenvalue weighted by molar-refractivity contribution is 7.93. The molecule has 0 saturated carbocycles. The average molecular weight is 900 g/mol. The third kappa shape index (κ3) is 11.2. The molecule has 0 aliphatic rings. The number of hydrogen-bond donors (Lipinski definition) is 2. The van der Waals surface area contributed by atoms with E-state index in [1.807, 2.05) is 31.8 Å². The lowest BCUT2D eigenvalue weighted by Crippen LogP contribution is -2.32. The third-order valence-corrected chi connectivity index (χ3v) is 15.8. The predicted octanol–water partition coefficient (Wildman–Crippen LogP) is 6.75. The summed E-state index contributed by atoms with van der Waals surface area (Å²) < 4.78 is 78.5. The van der Waals surface area contributed by atoms with Crippen LogP contribution in [0.2, 0.25) is 25.7 Å². The Morgan fingerprint density at radius 1 is 0.774 bits per heavy atom. The van der Waals surface area contributed by atoms with Crippen LogP contribution in [0.4, 0.5) is 4.79 Å². The van der Waals surface area contributed by atoms with E-state index in [2.05, 4.69) is 20.6 Å². The number of amides is 1. The Labute approximate surface area is 362 Å². The van der Waals surface area contributed by atoms with Crippen LogP contribution >= 0.6 is 0 Å².